The van der Waals surface area contributed by atoms with Gasteiger partial charge in [-0.2, -0.15) is 0 Å². The van der Waals surface area contributed by atoms with E-state index in [4.69, 9.17) is 0 Å². The van der Waals surface area contributed by atoms with Crippen molar-refractivity contribution in [2.45, 2.75) is 6.42 Å². The molecule has 0 unspecified atom stereocenters. The summed E-state index contributed by atoms with van der Waals surface area (Å²) in [4.78, 5) is 4.63. The second kappa shape index (κ2) is 8.12. The monoisotopic (exact) mass is 356 g/mol. The minimum Gasteiger partial charge on any atom is -0.306 e. The van der Waals surface area contributed by atoms with Gasteiger partial charge in [-0.3, -0.25) is 0 Å². The van der Waals surface area contributed by atoms with Crippen LogP contribution in [-0.2, 0) is 6.42 Å². The highest BCUT2D eigenvalue weighted by Crippen LogP contribution is 2.34. The minimum absolute atomic E-state index is 0.369. The van der Waals surface area contributed by atoms with Crippen molar-refractivity contribution in [1.82, 2.24) is 9.55 Å². The van der Waals surface area contributed by atoms with Crippen LogP contribution in [0.25, 0.3) is 5.69 Å². The molecule has 1 heterocycles. The zero-order valence-corrected chi connectivity index (χ0v) is 15.5. The summed E-state index contributed by atoms with van der Waals surface area (Å²) >= 11 is 0. The molecule has 26 heavy (non-hydrogen) atoms. The largest absolute Gasteiger partial charge is 0.306 e. The number of imidazole rings is 1. The van der Waals surface area contributed by atoms with Crippen LogP contribution < -0.4 is 10.6 Å². The molecular weight excluding hydrogens is 335 g/mol. The highest BCUT2D eigenvalue weighted by atomic mass is 31.1. The van der Waals surface area contributed by atoms with E-state index in [1.165, 1.54) is 10.6 Å². The first-order chi connectivity index (χ1) is 12.9. The van der Waals surface area contributed by atoms with Gasteiger partial charge in [-0.15, -0.1) is 0 Å². The molecule has 3 aromatic carbocycles. The van der Waals surface area contributed by atoms with Gasteiger partial charge in [0.25, 0.3) is 0 Å². The van der Waals surface area contributed by atoms with Gasteiger partial charge < -0.3 is 4.57 Å². The van der Waals surface area contributed by atoms with Gasteiger partial charge in [-0.1, -0.05) is 78.9 Å². The Morgan fingerprint density at radius 2 is 1.23 bits per heavy atom. The second-order valence-electron chi connectivity index (χ2n) is 6.18. The van der Waals surface area contributed by atoms with Crippen LogP contribution in [0.1, 0.15) is 5.69 Å². The smallest absolute Gasteiger partial charge is 0.0995 e. The van der Waals surface area contributed by atoms with Gasteiger partial charge in [0.1, 0.15) is 0 Å². The molecule has 0 aliphatic heterocycles. The number of para-hydroxylation sites is 1. The number of benzene rings is 3. The van der Waals surface area contributed by atoms with Crippen LogP contribution in [0.2, 0.25) is 0 Å². The maximum Gasteiger partial charge on any atom is 0.0995 e. The van der Waals surface area contributed by atoms with Crippen molar-refractivity contribution in [3.63, 3.8) is 0 Å². The summed E-state index contributed by atoms with van der Waals surface area (Å²) in [6, 6.07) is 32.1. The molecule has 128 valence electrons. The fourth-order valence-corrected chi connectivity index (χ4v) is 5.41. The van der Waals surface area contributed by atoms with E-state index in [1.54, 1.807) is 0 Å². The number of hydrogen-bond donors (Lipinski definition) is 0. The van der Waals surface area contributed by atoms with E-state index in [9.17, 15) is 0 Å². The summed E-state index contributed by atoms with van der Waals surface area (Å²) in [5.74, 6) is 0. The number of aromatic nitrogens is 2. The first kappa shape index (κ1) is 16.8. The summed E-state index contributed by atoms with van der Waals surface area (Å²) < 4.78 is 2.10. The summed E-state index contributed by atoms with van der Waals surface area (Å²) in [5.41, 5.74) is 2.30. The minimum atomic E-state index is -0.369. The maximum atomic E-state index is 4.63. The van der Waals surface area contributed by atoms with Gasteiger partial charge in [0.05, 0.1) is 12.0 Å². The predicted octanol–water partition coefficient (Wildman–Crippen LogP) is 4.55. The third kappa shape index (κ3) is 3.92. The van der Waals surface area contributed by atoms with Crippen molar-refractivity contribution in [2.75, 3.05) is 6.16 Å². The van der Waals surface area contributed by atoms with Crippen molar-refractivity contribution in [3.05, 3.63) is 109 Å². The molecule has 0 bridgehead atoms. The highest BCUT2D eigenvalue weighted by molar-refractivity contribution is 7.73. The van der Waals surface area contributed by atoms with Gasteiger partial charge in [0.2, 0.25) is 0 Å². The average molecular weight is 356 g/mol. The lowest BCUT2D eigenvalue weighted by Gasteiger charge is -2.18. The van der Waals surface area contributed by atoms with Crippen LogP contribution in [0.15, 0.2) is 104 Å². The first-order valence-corrected chi connectivity index (χ1v) is 10.4. The van der Waals surface area contributed by atoms with E-state index < -0.39 is 0 Å². The third-order valence-corrected chi connectivity index (χ3v) is 6.93. The Labute approximate surface area is 155 Å². The molecule has 3 heteroatoms. The predicted molar refractivity (Wildman–Crippen MR) is 111 cm³/mol. The van der Waals surface area contributed by atoms with Crippen molar-refractivity contribution < 1.29 is 0 Å². The standard InChI is InChI=1S/C23H21N2P/c1-4-10-21(11-5-1)25-18-20(24-19-25)16-17-26(22-12-6-2-7-13-22)23-14-8-3-9-15-23/h1-15,18-19H,16-17H2. The zero-order chi connectivity index (χ0) is 17.6. The van der Waals surface area contributed by atoms with Crippen molar-refractivity contribution in [2.24, 2.45) is 0 Å². The van der Waals surface area contributed by atoms with Crippen molar-refractivity contribution in [3.8, 4) is 5.69 Å². The molecule has 0 atom stereocenters. The summed E-state index contributed by atoms with van der Waals surface area (Å²) in [5, 5.41) is 2.85. The van der Waals surface area contributed by atoms with Crippen LogP contribution in [-0.4, -0.2) is 15.7 Å². The number of rotatable bonds is 6. The topological polar surface area (TPSA) is 17.8 Å². The SMILES string of the molecule is c1ccc(-n2cnc(CCP(c3ccccc3)c3ccccc3)c2)cc1. The molecule has 2 nitrogen and oxygen atoms in total. The molecular formula is C23H21N2P. The van der Waals surface area contributed by atoms with Crippen LogP contribution >= 0.6 is 7.92 Å². The second-order valence-corrected chi connectivity index (χ2v) is 8.52. The molecule has 1 aromatic heterocycles. The molecule has 0 amide bonds. The summed E-state index contributed by atoms with van der Waals surface area (Å²) in [7, 11) is -0.369. The maximum absolute atomic E-state index is 4.63. The van der Waals surface area contributed by atoms with E-state index in [2.05, 4.69) is 101 Å². The summed E-state index contributed by atoms with van der Waals surface area (Å²) in [6.07, 6.45) is 6.15. The van der Waals surface area contributed by atoms with E-state index in [0.29, 0.717) is 0 Å². The lowest BCUT2D eigenvalue weighted by atomic mass is 10.3. The Kier molecular flexibility index (Phi) is 5.23. The highest BCUT2D eigenvalue weighted by Gasteiger charge is 2.14. The molecule has 0 N–H and O–H groups in total. The Hall–Kier alpha value is -2.70. The van der Waals surface area contributed by atoms with Gasteiger partial charge in [-0.25, -0.2) is 4.98 Å². The van der Waals surface area contributed by atoms with Crippen LogP contribution in [0, 0.1) is 0 Å². The van der Waals surface area contributed by atoms with Crippen LogP contribution in [0.4, 0.5) is 0 Å². The molecule has 0 aliphatic carbocycles. The van der Waals surface area contributed by atoms with Crippen molar-refractivity contribution >= 4 is 18.5 Å². The fraction of sp³-hybridized carbons (Fsp3) is 0.0870. The van der Waals surface area contributed by atoms with Gasteiger partial charge >= 0.3 is 0 Å². The molecule has 0 aliphatic rings. The Bertz CT molecular complexity index is 894. The lowest BCUT2D eigenvalue weighted by Crippen LogP contribution is -2.14. The molecule has 0 fully saturated rings. The Morgan fingerprint density at radius 1 is 0.692 bits per heavy atom. The zero-order valence-electron chi connectivity index (χ0n) is 14.6. The Morgan fingerprint density at radius 3 is 1.81 bits per heavy atom. The number of nitrogens with zero attached hydrogens (tertiary/aromatic N) is 2. The summed E-state index contributed by atoms with van der Waals surface area (Å²) in [6.45, 7) is 0. The van der Waals surface area contributed by atoms with Crippen molar-refractivity contribution in [1.29, 1.82) is 0 Å². The molecule has 4 rings (SSSR count). The van der Waals surface area contributed by atoms with Crippen LogP contribution in [0.3, 0.4) is 0 Å². The molecule has 0 saturated carbocycles. The normalized spacial score (nSPS) is 11.0. The molecule has 0 saturated heterocycles. The molecule has 0 spiro atoms. The van der Waals surface area contributed by atoms with E-state index in [0.717, 1.165) is 24.0 Å². The fourth-order valence-electron chi connectivity index (χ4n) is 3.08. The van der Waals surface area contributed by atoms with E-state index in [1.807, 2.05) is 12.4 Å². The molecule has 4 aromatic rings. The third-order valence-electron chi connectivity index (χ3n) is 4.42. The average Bonchev–Trinajstić information content (AvgIpc) is 3.20. The quantitative estimate of drug-likeness (QED) is 0.464. The van der Waals surface area contributed by atoms with Gasteiger partial charge in [0.15, 0.2) is 0 Å². The lowest BCUT2D eigenvalue weighted by molar-refractivity contribution is 1.06. The molecule has 0 radical (unpaired) electrons. The number of aryl methyl sites for hydroxylation is 1. The Balaban J connectivity index is 1.53. The van der Waals surface area contributed by atoms with Gasteiger partial charge in [0, 0.05) is 11.9 Å². The first-order valence-electron chi connectivity index (χ1n) is 8.86. The van der Waals surface area contributed by atoms with Gasteiger partial charge in [-0.05, 0) is 43.2 Å². The number of hydrogen-bond acceptors (Lipinski definition) is 1. The van der Waals surface area contributed by atoms with E-state index in [-0.39, 0.29) is 7.92 Å². The van der Waals surface area contributed by atoms with E-state index >= 15 is 0 Å². The van der Waals surface area contributed by atoms with Crippen LogP contribution in [0.5, 0.6) is 0 Å².